The normalized spacial score (nSPS) is 11.0. The fourth-order valence-electron chi connectivity index (χ4n) is 2.27. The van der Waals surface area contributed by atoms with Crippen molar-refractivity contribution < 1.29 is 55.2 Å². The maximum absolute atomic E-state index is 13.5. The average Bonchev–Trinajstić information content (AvgIpc) is 2.80. The maximum atomic E-state index is 13.5. The maximum Gasteiger partial charge on any atom is 0.311 e. The van der Waals surface area contributed by atoms with Crippen LogP contribution in [0.3, 0.4) is 0 Å². The molecule has 0 fully saturated rings. The van der Waals surface area contributed by atoms with Crippen molar-refractivity contribution in [1.29, 1.82) is 0 Å². The Labute approximate surface area is 187 Å². The number of hydrogen-bond donors (Lipinski definition) is 1. The highest BCUT2D eigenvalue weighted by atomic mass is 19.2. The molecule has 33 heavy (non-hydrogen) atoms. The molecule has 0 atom stereocenters. The first-order valence-corrected chi connectivity index (χ1v) is 10.0. The number of carbonyl (C=O) groups excluding carboxylic acids is 2. The van der Waals surface area contributed by atoms with Crippen molar-refractivity contribution in [2.45, 2.75) is 19.3 Å². The quantitative estimate of drug-likeness (QED) is 0.0900. The lowest BCUT2D eigenvalue weighted by Gasteiger charge is -2.09. The molecule has 0 saturated heterocycles. The van der Waals surface area contributed by atoms with E-state index in [0.29, 0.717) is 39.6 Å². The molecule has 1 aromatic rings. The van der Waals surface area contributed by atoms with E-state index in [4.69, 9.17) is 18.9 Å². The van der Waals surface area contributed by atoms with Gasteiger partial charge < -0.3 is 29.0 Å². The number of methoxy groups -OCH3 is 1. The fourth-order valence-corrected chi connectivity index (χ4v) is 2.27. The molecule has 0 aliphatic carbocycles. The summed E-state index contributed by atoms with van der Waals surface area (Å²) >= 11 is 0. The second kappa shape index (κ2) is 16.3. The minimum absolute atomic E-state index is 0.0682. The molecular weight excluding hydrogens is 461 g/mol. The van der Waals surface area contributed by atoms with Crippen molar-refractivity contribution in [3.05, 3.63) is 29.1 Å². The van der Waals surface area contributed by atoms with Crippen LogP contribution in [0, 0.1) is 29.1 Å². The van der Waals surface area contributed by atoms with Crippen molar-refractivity contribution in [1.82, 2.24) is 5.32 Å². The third-order valence-corrected chi connectivity index (χ3v) is 3.91. The standard InChI is InChI=1S/C20H26F5NO7/c1-29-7-8-31-11-12-32-10-9-30-6-5-26-13(27)3-2-4-14(28)33-20-18(24)16(22)15(21)17(23)19(20)25/h2-12H2,1H3,(H,26,27). The molecule has 1 N–H and O–H groups in total. The van der Waals surface area contributed by atoms with Gasteiger partial charge in [-0.2, -0.15) is 8.78 Å². The van der Waals surface area contributed by atoms with Gasteiger partial charge in [-0.05, 0) is 6.42 Å². The number of esters is 1. The van der Waals surface area contributed by atoms with Crippen LogP contribution in [0.15, 0.2) is 0 Å². The number of halogens is 5. The smallest absolute Gasteiger partial charge is 0.311 e. The van der Waals surface area contributed by atoms with E-state index in [9.17, 15) is 31.5 Å². The van der Waals surface area contributed by atoms with Crippen LogP contribution in [-0.2, 0) is 28.5 Å². The summed E-state index contributed by atoms with van der Waals surface area (Å²) in [6.07, 6.45) is -0.671. The Morgan fingerprint density at radius 2 is 1.18 bits per heavy atom. The molecule has 0 aliphatic rings. The van der Waals surface area contributed by atoms with Crippen molar-refractivity contribution in [3.8, 4) is 5.75 Å². The van der Waals surface area contributed by atoms with Crippen LogP contribution >= 0.6 is 0 Å². The molecule has 0 radical (unpaired) electrons. The summed E-state index contributed by atoms with van der Waals surface area (Å²) < 4.78 is 90.8. The van der Waals surface area contributed by atoms with Gasteiger partial charge in [-0.15, -0.1) is 0 Å². The van der Waals surface area contributed by atoms with Gasteiger partial charge >= 0.3 is 5.97 Å². The van der Waals surface area contributed by atoms with E-state index >= 15 is 0 Å². The van der Waals surface area contributed by atoms with Gasteiger partial charge in [-0.3, -0.25) is 9.59 Å². The zero-order valence-electron chi connectivity index (χ0n) is 18.0. The van der Waals surface area contributed by atoms with Crippen molar-refractivity contribution >= 4 is 11.9 Å². The molecule has 0 aromatic heterocycles. The van der Waals surface area contributed by atoms with Crippen LogP contribution < -0.4 is 10.1 Å². The largest absolute Gasteiger partial charge is 0.420 e. The number of carbonyl (C=O) groups is 2. The molecular formula is C20H26F5NO7. The summed E-state index contributed by atoms with van der Waals surface area (Å²) in [6.45, 7) is 2.95. The number of ether oxygens (including phenoxy) is 5. The number of hydrogen-bond acceptors (Lipinski definition) is 7. The molecule has 0 spiro atoms. The summed E-state index contributed by atoms with van der Waals surface area (Å²) in [5.74, 6) is -14.7. The average molecular weight is 487 g/mol. The highest BCUT2D eigenvalue weighted by Gasteiger charge is 2.28. The van der Waals surface area contributed by atoms with Crippen LogP contribution in [0.4, 0.5) is 22.0 Å². The molecule has 8 nitrogen and oxygen atoms in total. The van der Waals surface area contributed by atoms with Crippen LogP contribution in [0.25, 0.3) is 0 Å². The predicted molar refractivity (Wildman–Crippen MR) is 103 cm³/mol. The minimum Gasteiger partial charge on any atom is -0.420 e. The highest BCUT2D eigenvalue weighted by molar-refractivity contribution is 5.77. The number of rotatable bonds is 17. The molecule has 0 saturated carbocycles. The van der Waals surface area contributed by atoms with E-state index in [1.54, 1.807) is 7.11 Å². The predicted octanol–water partition coefficient (Wildman–Crippen LogP) is 2.27. The fraction of sp³-hybridized carbons (Fsp3) is 0.600. The Kier molecular flexibility index (Phi) is 14.2. The van der Waals surface area contributed by atoms with Crippen LogP contribution in [0.1, 0.15) is 19.3 Å². The van der Waals surface area contributed by atoms with E-state index in [1.807, 2.05) is 0 Å². The third kappa shape index (κ3) is 10.9. The lowest BCUT2D eigenvalue weighted by molar-refractivity contribution is -0.135. The van der Waals surface area contributed by atoms with Crippen LogP contribution in [0.5, 0.6) is 5.75 Å². The van der Waals surface area contributed by atoms with Gasteiger partial charge in [0.1, 0.15) is 0 Å². The van der Waals surface area contributed by atoms with Gasteiger partial charge in [0.05, 0.1) is 46.2 Å². The number of benzene rings is 1. The van der Waals surface area contributed by atoms with Gasteiger partial charge in [0.25, 0.3) is 0 Å². The molecule has 1 amide bonds. The summed E-state index contributed by atoms with van der Waals surface area (Å²) in [6, 6.07) is 0. The monoisotopic (exact) mass is 487 g/mol. The zero-order valence-corrected chi connectivity index (χ0v) is 18.0. The van der Waals surface area contributed by atoms with Gasteiger partial charge in [0.2, 0.25) is 40.7 Å². The topological polar surface area (TPSA) is 92.3 Å². The molecule has 0 unspecified atom stereocenters. The Bertz CT molecular complexity index is 738. The summed E-state index contributed by atoms with van der Waals surface area (Å²) in [5.41, 5.74) is 0. The van der Waals surface area contributed by atoms with Crippen LogP contribution in [0.2, 0.25) is 0 Å². The molecule has 13 heteroatoms. The number of amides is 1. The third-order valence-electron chi connectivity index (χ3n) is 3.91. The summed E-state index contributed by atoms with van der Waals surface area (Å²) in [7, 11) is 1.58. The number of nitrogens with one attached hydrogen (secondary N) is 1. The zero-order chi connectivity index (χ0) is 24.6. The van der Waals surface area contributed by atoms with E-state index in [2.05, 4.69) is 10.1 Å². The first-order chi connectivity index (χ1) is 15.8. The van der Waals surface area contributed by atoms with Gasteiger partial charge in [0, 0.05) is 26.5 Å². The SMILES string of the molecule is COCCOCCOCCOCCNC(=O)CCCC(=O)Oc1c(F)c(F)c(F)c(F)c1F. The summed E-state index contributed by atoms with van der Waals surface area (Å²) in [4.78, 5) is 23.3. The molecule has 188 valence electrons. The van der Waals surface area contributed by atoms with E-state index in [0.717, 1.165) is 0 Å². The first-order valence-electron chi connectivity index (χ1n) is 10.0. The molecule has 1 aromatic carbocycles. The minimum atomic E-state index is -2.36. The first kappa shape index (κ1) is 28.7. The molecule has 1 rings (SSSR count). The van der Waals surface area contributed by atoms with Crippen LogP contribution in [-0.4, -0.2) is 71.8 Å². The molecule has 0 bridgehead atoms. The van der Waals surface area contributed by atoms with Crippen molar-refractivity contribution in [2.24, 2.45) is 0 Å². The van der Waals surface area contributed by atoms with Gasteiger partial charge in [-0.1, -0.05) is 0 Å². The molecule has 0 heterocycles. The van der Waals surface area contributed by atoms with Gasteiger partial charge in [0.15, 0.2) is 0 Å². The Morgan fingerprint density at radius 1 is 0.697 bits per heavy atom. The Balaban J connectivity index is 2.11. The Morgan fingerprint density at radius 3 is 1.73 bits per heavy atom. The lowest BCUT2D eigenvalue weighted by Crippen LogP contribution is -2.27. The van der Waals surface area contributed by atoms with E-state index < -0.39 is 53.1 Å². The van der Waals surface area contributed by atoms with E-state index in [1.165, 1.54) is 0 Å². The second-order valence-corrected chi connectivity index (χ2v) is 6.41. The van der Waals surface area contributed by atoms with Crippen molar-refractivity contribution in [2.75, 3.05) is 59.9 Å². The highest BCUT2D eigenvalue weighted by Crippen LogP contribution is 2.29. The van der Waals surface area contributed by atoms with Gasteiger partial charge in [-0.25, -0.2) is 13.2 Å². The van der Waals surface area contributed by atoms with E-state index in [-0.39, 0.29) is 26.0 Å². The second-order valence-electron chi connectivity index (χ2n) is 6.41. The Hall–Kier alpha value is -2.35. The lowest BCUT2D eigenvalue weighted by atomic mass is 10.2. The summed E-state index contributed by atoms with van der Waals surface area (Å²) in [5, 5.41) is 2.53. The molecule has 0 aliphatic heterocycles. The van der Waals surface area contributed by atoms with Crippen molar-refractivity contribution in [3.63, 3.8) is 0 Å².